The van der Waals surface area contributed by atoms with E-state index in [1.165, 1.54) is 11.1 Å². The largest absolute Gasteiger partial charge is 0.312 e. The molecule has 1 fully saturated rings. The van der Waals surface area contributed by atoms with Crippen LogP contribution in [-0.4, -0.2) is 22.4 Å². The zero-order chi connectivity index (χ0) is 18.8. The van der Waals surface area contributed by atoms with Gasteiger partial charge in [-0.25, -0.2) is 0 Å². The fourth-order valence-electron chi connectivity index (χ4n) is 3.68. The number of aromatic nitrogens is 2. The molecule has 0 radical (unpaired) electrons. The predicted octanol–water partition coefficient (Wildman–Crippen LogP) is 4.81. The van der Waals surface area contributed by atoms with E-state index in [0.29, 0.717) is 6.42 Å². The van der Waals surface area contributed by atoms with E-state index in [0.717, 1.165) is 47.5 Å². The summed E-state index contributed by atoms with van der Waals surface area (Å²) in [4.78, 5) is 23.0. The van der Waals surface area contributed by atoms with Crippen molar-refractivity contribution in [2.24, 2.45) is 0 Å². The van der Waals surface area contributed by atoms with Crippen LogP contribution in [0.3, 0.4) is 0 Å². The number of pyridine rings is 2. The van der Waals surface area contributed by atoms with Gasteiger partial charge >= 0.3 is 0 Å². The third-order valence-corrected chi connectivity index (χ3v) is 5.22. The van der Waals surface area contributed by atoms with Crippen LogP contribution in [0.4, 0.5) is 5.69 Å². The van der Waals surface area contributed by atoms with E-state index in [-0.39, 0.29) is 5.91 Å². The van der Waals surface area contributed by atoms with Crippen molar-refractivity contribution in [1.29, 1.82) is 0 Å². The van der Waals surface area contributed by atoms with Crippen LogP contribution in [0.25, 0.3) is 22.4 Å². The van der Waals surface area contributed by atoms with E-state index in [4.69, 9.17) is 0 Å². The Morgan fingerprint density at radius 1 is 1.11 bits per heavy atom. The quantitative estimate of drug-likeness (QED) is 0.673. The number of nitrogens with zero attached hydrogens (tertiary/aromatic N) is 3. The Morgan fingerprint density at radius 3 is 2.74 bits per heavy atom. The summed E-state index contributed by atoms with van der Waals surface area (Å²) in [6.45, 7) is 5.02. The van der Waals surface area contributed by atoms with Gasteiger partial charge in [0.2, 0.25) is 5.91 Å². The summed E-state index contributed by atoms with van der Waals surface area (Å²) >= 11 is 0. The van der Waals surface area contributed by atoms with Gasteiger partial charge in [0.1, 0.15) is 0 Å². The lowest BCUT2D eigenvalue weighted by Crippen LogP contribution is -2.23. The third kappa shape index (κ3) is 3.35. The summed E-state index contributed by atoms with van der Waals surface area (Å²) in [7, 11) is 0. The fourth-order valence-corrected chi connectivity index (χ4v) is 3.68. The standard InChI is InChI=1S/C23H23N3O/c1-3-17-14-25-22(21-15-24-10-9-16(21)2)13-20(17)18-6-4-7-19(12-18)26-11-5-8-23(26)27/h4,6-7,9-10,12-15H,3,5,8,11H2,1-2H3. The summed E-state index contributed by atoms with van der Waals surface area (Å²) in [5.74, 6) is 0.212. The van der Waals surface area contributed by atoms with Gasteiger partial charge in [-0.05, 0) is 66.3 Å². The lowest BCUT2D eigenvalue weighted by Gasteiger charge is -2.18. The summed E-state index contributed by atoms with van der Waals surface area (Å²) < 4.78 is 0. The number of aryl methyl sites for hydroxylation is 2. The number of hydrogen-bond donors (Lipinski definition) is 0. The molecular formula is C23H23N3O. The number of rotatable bonds is 4. The van der Waals surface area contributed by atoms with Gasteiger partial charge in [-0.1, -0.05) is 19.1 Å². The molecule has 1 amide bonds. The van der Waals surface area contributed by atoms with Crippen molar-refractivity contribution < 1.29 is 4.79 Å². The van der Waals surface area contributed by atoms with Crippen LogP contribution in [0.15, 0.2) is 55.0 Å². The third-order valence-electron chi connectivity index (χ3n) is 5.22. The van der Waals surface area contributed by atoms with E-state index >= 15 is 0 Å². The Balaban J connectivity index is 1.80. The van der Waals surface area contributed by atoms with E-state index in [1.54, 1.807) is 6.20 Å². The van der Waals surface area contributed by atoms with Gasteiger partial charge in [0.15, 0.2) is 0 Å². The molecule has 1 saturated heterocycles. The number of anilines is 1. The average Bonchev–Trinajstić information content (AvgIpc) is 3.14. The molecule has 4 heteroatoms. The average molecular weight is 357 g/mol. The zero-order valence-corrected chi connectivity index (χ0v) is 15.8. The maximum Gasteiger partial charge on any atom is 0.227 e. The van der Waals surface area contributed by atoms with Crippen LogP contribution in [-0.2, 0) is 11.2 Å². The highest BCUT2D eigenvalue weighted by Gasteiger charge is 2.22. The van der Waals surface area contributed by atoms with E-state index in [2.05, 4.69) is 42.0 Å². The molecular weight excluding hydrogens is 334 g/mol. The molecule has 1 aliphatic heterocycles. The van der Waals surface area contributed by atoms with Crippen molar-refractivity contribution in [3.8, 4) is 22.4 Å². The van der Waals surface area contributed by atoms with Gasteiger partial charge in [0.05, 0.1) is 5.69 Å². The van der Waals surface area contributed by atoms with Gasteiger partial charge in [-0.15, -0.1) is 0 Å². The van der Waals surface area contributed by atoms with Crippen LogP contribution in [0.1, 0.15) is 30.9 Å². The molecule has 0 saturated carbocycles. The van der Waals surface area contributed by atoms with Crippen molar-refractivity contribution in [2.45, 2.75) is 33.1 Å². The van der Waals surface area contributed by atoms with Gasteiger partial charge in [-0.3, -0.25) is 14.8 Å². The molecule has 1 aliphatic rings. The number of hydrogen-bond acceptors (Lipinski definition) is 3. The summed E-state index contributed by atoms with van der Waals surface area (Å²) in [6, 6.07) is 12.4. The van der Waals surface area contributed by atoms with Crippen molar-refractivity contribution >= 4 is 11.6 Å². The lowest BCUT2D eigenvalue weighted by atomic mass is 9.96. The van der Waals surface area contributed by atoms with Gasteiger partial charge in [0.25, 0.3) is 0 Å². The Bertz CT molecular complexity index is 996. The lowest BCUT2D eigenvalue weighted by molar-refractivity contribution is -0.117. The van der Waals surface area contributed by atoms with Gasteiger partial charge in [0, 0.05) is 42.8 Å². The molecule has 1 aromatic carbocycles. The first-order valence-electron chi connectivity index (χ1n) is 9.48. The molecule has 0 atom stereocenters. The molecule has 3 aromatic rings. The number of amides is 1. The Morgan fingerprint density at radius 2 is 2.00 bits per heavy atom. The van der Waals surface area contributed by atoms with Crippen LogP contribution in [0.2, 0.25) is 0 Å². The molecule has 0 aliphatic carbocycles. The van der Waals surface area contributed by atoms with Crippen LogP contribution in [0.5, 0.6) is 0 Å². The molecule has 0 bridgehead atoms. The van der Waals surface area contributed by atoms with Crippen molar-refractivity contribution in [1.82, 2.24) is 9.97 Å². The van der Waals surface area contributed by atoms with Crippen molar-refractivity contribution in [2.75, 3.05) is 11.4 Å². The second-order valence-electron chi connectivity index (χ2n) is 6.97. The highest BCUT2D eigenvalue weighted by Crippen LogP contribution is 2.32. The van der Waals surface area contributed by atoms with E-state index in [1.807, 2.05) is 35.5 Å². The van der Waals surface area contributed by atoms with Gasteiger partial charge in [-0.2, -0.15) is 0 Å². The minimum Gasteiger partial charge on any atom is -0.312 e. The molecule has 0 spiro atoms. The first kappa shape index (κ1) is 17.4. The first-order chi connectivity index (χ1) is 13.2. The van der Waals surface area contributed by atoms with Crippen LogP contribution in [0, 0.1) is 6.92 Å². The maximum absolute atomic E-state index is 12.1. The number of carbonyl (C=O) groups excluding carboxylic acids is 1. The van der Waals surface area contributed by atoms with Crippen molar-refractivity contribution in [3.05, 3.63) is 66.1 Å². The molecule has 0 unspecified atom stereocenters. The van der Waals surface area contributed by atoms with Crippen LogP contribution < -0.4 is 4.90 Å². The van der Waals surface area contributed by atoms with Crippen LogP contribution >= 0.6 is 0 Å². The summed E-state index contributed by atoms with van der Waals surface area (Å²) in [5, 5.41) is 0. The van der Waals surface area contributed by atoms with Gasteiger partial charge < -0.3 is 4.90 Å². The highest BCUT2D eigenvalue weighted by molar-refractivity contribution is 5.96. The molecule has 4 rings (SSSR count). The van der Waals surface area contributed by atoms with E-state index in [9.17, 15) is 4.79 Å². The molecule has 27 heavy (non-hydrogen) atoms. The summed E-state index contributed by atoms with van der Waals surface area (Å²) in [6.07, 6.45) is 8.11. The Hall–Kier alpha value is -3.01. The molecule has 3 heterocycles. The molecule has 136 valence electrons. The number of carbonyl (C=O) groups is 1. The SMILES string of the molecule is CCc1cnc(-c2cnccc2C)cc1-c1cccc(N2CCCC2=O)c1. The Kier molecular flexibility index (Phi) is 4.71. The smallest absolute Gasteiger partial charge is 0.227 e. The monoisotopic (exact) mass is 357 g/mol. The fraction of sp³-hybridized carbons (Fsp3) is 0.261. The topological polar surface area (TPSA) is 46.1 Å². The molecule has 0 N–H and O–H groups in total. The zero-order valence-electron chi connectivity index (χ0n) is 15.8. The minimum atomic E-state index is 0.212. The number of benzene rings is 1. The second-order valence-corrected chi connectivity index (χ2v) is 6.97. The normalized spacial score (nSPS) is 14.0. The Labute approximate surface area is 159 Å². The van der Waals surface area contributed by atoms with Crippen molar-refractivity contribution in [3.63, 3.8) is 0 Å². The molecule has 2 aromatic heterocycles. The maximum atomic E-state index is 12.1. The highest BCUT2D eigenvalue weighted by atomic mass is 16.2. The minimum absolute atomic E-state index is 0.212. The second kappa shape index (κ2) is 7.31. The predicted molar refractivity (Wildman–Crippen MR) is 109 cm³/mol. The first-order valence-corrected chi connectivity index (χ1v) is 9.48. The molecule has 4 nitrogen and oxygen atoms in total. The van der Waals surface area contributed by atoms with E-state index < -0.39 is 0 Å². The summed E-state index contributed by atoms with van der Waals surface area (Å²) in [5.41, 5.74) is 7.60.